The van der Waals surface area contributed by atoms with Gasteiger partial charge in [-0.3, -0.25) is 9.88 Å². The molecule has 172 valence electrons. The summed E-state index contributed by atoms with van der Waals surface area (Å²) >= 11 is 0. The number of aromatic nitrogens is 3. The molecule has 4 rings (SSSR count). The van der Waals surface area contributed by atoms with Gasteiger partial charge in [-0.05, 0) is 35.7 Å². The van der Waals surface area contributed by atoms with Crippen LogP contribution in [0.5, 0.6) is 0 Å². The number of esters is 1. The number of hydrogen-bond donors (Lipinski definition) is 1. The molecule has 7 nitrogen and oxygen atoms in total. The lowest BCUT2D eigenvalue weighted by atomic mass is 10.0. The fourth-order valence-electron chi connectivity index (χ4n) is 3.95. The maximum absolute atomic E-state index is 13.3. The van der Waals surface area contributed by atoms with Crippen molar-refractivity contribution in [1.82, 2.24) is 19.9 Å². The van der Waals surface area contributed by atoms with Crippen molar-refractivity contribution in [3.63, 3.8) is 0 Å². The van der Waals surface area contributed by atoms with Crippen LogP contribution in [0.2, 0.25) is 0 Å². The van der Waals surface area contributed by atoms with Crippen LogP contribution in [0.15, 0.2) is 48.7 Å². The molecule has 2 aromatic heterocycles. The number of fused-ring (bicyclic) bond motifs is 1. The van der Waals surface area contributed by atoms with Crippen LogP contribution in [-0.2, 0) is 29.0 Å². The summed E-state index contributed by atoms with van der Waals surface area (Å²) < 4.78 is 18.3. The molecule has 0 saturated heterocycles. The third-order valence-corrected chi connectivity index (χ3v) is 5.77. The first-order valence-corrected chi connectivity index (χ1v) is 11.1. The lowest BCUT2D eigenvalue weighted by Crippen LogP contribution is -2.38. The number of carbonyl (C=O) groups excluding carboxylic acids is 1. The second-order valence-electron chi connectivity index (χ2n) is 8.51. The number of carbonyl (C=O) groups is 1. The Hall–Kier alpha value is -3.39. The van der Waals surface area contributed by atoms with Crippen LogP contribution in [0.4, 0.5) is 10.2 Å². The van der Waals surface area contributed by atoms with Gasteiger partial charge in [-0.1, -0.05) is 32.0 Å². The Kier molecular flexibility index (Phi) is 6.93. The number of methoxy groups -OCH3 is 1. The van der Waals surface area contributed by atoms with E-state index in [9.17, 15) is 9.18 Å². The van der Waals surface area contributed by atoms with E-state index in [2.05, 4.69) is 15.2 Å². The number of nitrogens with one attached hydrogen (secondary N) is 1. The van der Waals surface area contributed by atoms with Crippen molar-refractivity contribution in [1.29, 1.82) is 0 Å². The highest BCUT2D eigenvalue weighted by Gasteiger charge is 2.28. The molecule has 0 spiro atoms. The van der Waals surface area contributed by atoms with Crippen LogP contribution in [0, 0.1) is 11.7 Å². The van der Waals surface area contributed by atoms with Gasteiger partial charge in [-0.15, -0.1) is 0 Å². The van der Waals surface area contributed by atoms with E-state index in [-0.39, 0.29) is 17.7 Å². The summed E-state index contributed by atoms with van der Waals surface area (Å²) in [6.45, 7) is 6.04. The molecule has 0 fully saturated rings. The summed E-state index contributed by atoms with van der Waals surface area (Å²) in [7, 11) is 1.39. The highest BCUT2D eigenvalue weighted by Crippen LogP contribution is 2.29. The summed E-state index contributed by atoms with van der Waals surface area (Å²) in [4.78, 5) is 28.7. The predicted molar refractivity (Wildman–Crippen MR) is 124 cm³/mol. The largest absolute Gasteiger partial charge is 0.467 e. The van der Waals surface area contributed by atoms with E-state index >= 15 is 0 Å². The Bertz CT molecular complexity index is 1110. The van der Waals surface area contributed by atoms with Crippen LogP contribution in [0.25, 0.3) is 11.5 Å². The first kappa shape index (κ1) is 22.8. The molecule has 3 aromatic rings. The van der Waals surface area contributed by atoms with E-state index in [1.54, 1.807) is 18.3 Å². The topological polar surface area (TPSA) is 80.2 Å². The second kappa shape index (κ2) is 10.0. The fourth-order valence-corrected chi connectivity index (χ4v) is 3.95. The van der Waals surface area contributed by atoms with Gasteiger partial charge >= 0.3 is 5.97 Å². The molecular formula is C25H28FN5O2. The molecular weight excluding hydrogens is 421 g/mol. The molecule has 0 aliphatic carbocycles. The minimum absolute atomic E-state index is 0.000254. The normalized spacial score (nSPS) is 14.6. The van der Waals surface area contributed by atoms with Crippen LogP contribution in [0.1, 0.15) is 30.7 Å². The summed E-state index contributed by atoms with van der Waals surface area (Å²) in [6, 6.07) is 11.6. The van der Waals surface area contributed by atoms with Crippen molar-refractivity contribution in [2.24, 2.45) is 5.92 Å². The summed E-state index contributed by atoms with van der Waals surface area (Å²) in [6.07, 6.45) is 2.44. The number of hydrogen-bond acceptors (Lipinski definition) is 7. The van der Waals surface area contributed by atoms with Crippen LogP contribution >= 0.6 is 0 Å². The highest BCUT2D eigenvalue weighted by atomic mass is 19.1. The summed E-state index contributed by atoms with van der Waals surface area (Å²) in [5.74, 6) is 0.563. The van der Waals surface area contributed by atoms with Gasteiger partial charge in [0.05, 0.1) is 12.8 Å². The standard InChI is InChI=1S/C25H28FN5O2/c1-16(2)22(25(32)33-3)29-23-19-15-31(14-17-7-9-18(26)10-8-17)13-11-20(19)28-24(30-23)21-6-4-5-12-27-21/h4-10,12,16,22H,11,13-15H2,1-3H3,(H,28,29,30)/t22-/m1/s1. The molecule has 1 atom stereocenters. The number of anilines is 1. The van der Waals surface area contributed by atoms with E-state index < -0.39 is 6.04 Å². The van der Waals surface area contributed by atoms with Gasteiger partial charge in [0.25, 0.3) is 0 Å². The number of benzene rings is 1. The lowest BCUT2D eigenvalue weighted by Gasteiger charge is -2.31. The molecule has 0 radical (unpaired) electrons. The van der Waals surface area contributed by atoms with Crippen molar-refractivity contribution in [2.75, 3.05) is 19.0 Å². The zero-order chi connectivity index (χ0) is 23.4. The minimum Gasteiger partial charge on any atom is -0.467 e. The van der Waals surface area contributed by atoms with Gasteiger partial charge in [-0.25, -0.2) is 19.2 Å². The molecule has 3 heterocycles. The zero-order valence-electron chi connectivity index (χ0n) is 19.1. The Morgan fingerprint density at radius 3 is 2.64 bits per heavy atom. The third-order valence-electron chi connectivity index (χ3n) is 5.77. The first-order valence-electron chi connectivity index (χ1n) is 11.1. The van der Waals surface area contributed by atoms with Crippen LogP contribution in [0.3, 0.4) is 0 Å². The third kappa shape index (κ3) is 5.34. The highest BCUT2D eigenvalue weighted by molar-refractivity contribution is 5.79. The molecule has 33 heavy (non-hydrogen) atoms. The van der Waals surface area contributed by atoms with E-state index in [1.807, 2.05) is 32.0 Å². The van der Waals surface area contributed by atoms with Gasteiger partial charge in [0, 0.05) is 37.8 Å². The van der Waals surface area contributed by atoms with Crippen molar-refractivity contribution >= 4 is 11.8 Å². The molecule has 1 aliphatic rings. The lowest BCUT2D eigenvalue weighted by molar-refractivity contribution is -0.142. The van der Waals surface area contributed by atoms with Crippen molar-refractivity contribution < 1.29 is 13.9 Å². The van der Waals surface area contributed by atoms with Crippen molar-refractivity contribution in [2.45, 2.75) is 39.4 Å². The SMILES string of the molecule is COC(=O)[C@H](Nc1nc(-c2ccccn2)nc2c1CN(Cc1ccc(F)cc1)CC2)C(C)C. The average molecular weight is 450 g/mol. The van der Waals surface area contributed by atoms with Gasteiger partial charge in [0.2, 0.25) is 0 Å². The monoisotopic (exact) mass is 449 g/mol. The Labute approximate surface area is 193 Å². The smallest absolute Gasteiger partial charge is 0.328 e. The fraction of sp³-hybridized carbons (Fsp3) is 0.360. The number of pyridine rings is 1. The second-order valence-corrected chi connectivity index (χ2v) is 8.51. The maximum atomic E-state index is 13.3. The number of halogens is 1. The van der Waals surface area contributed by atoms with Crippen molar-refractivity contribution in [3.05, 3.63) is 71.3 Å². The Balaban J connectivity index is 1.68. The molecule has 1 aliphatic heterocycles. The molecule has 8 heteroatoms. The van der Waals surface area contributed by atoms with Gasteiger partial charge < -0.3 is 10.1 Å². The summed E-state index contributed by atoms with van der Waals surface area (Å²) in [5.41, 5.74) is 3.61. The molecule has 0 saturated carbocycles. The van der Waals surface area contributed by atoms with Crippen LogP contribution < -0.4 is 5.32 Å². The minimum atomic E-state index is -0.543. The number of ether oxygens (including phenoxy) is 1. The predicted octanol–water partition coefficient (Wildman–Crippen LogP) is 3.85. The van der Waals surface area contributed by atoms with E-state index in [0.717, 1.165) is 29.8 Å². The quantitative estimate of drug-likeness (QED) is 0.549. The van der Waals surface area contributed by atoms with E-state index in [0.29, 0.717) is 30.4 Å². The zero-order valence-corrected chi connectivity index (χ0v) is 19.1. The van der Waals surface area contributed by atoms with Gasteiger partial charge in [0.15, 0.2) is 5.82 Å². The van der Waals surface area contributed by atoms with Gasteiger partial charge in [0.1, 0.15) is 23.4 Å². The Morgan fingerprint density at radius 1 is 1.18 bits per heavy atom. The van der Waals surface area contributed by atoms with E-state index in [4.69, 9.17) is 14.7 Å². The van der Waals surface area contributed by atoms with E-state index in [1.165, 1.54) is 19.2 Å². The molecule has 0 unspecified atom stereocenters. The number of rotatable bonds is 7. The molecule has 0 amide bonds. The average Bonchev–Trinajstić information content (AvgIpc) is 2.83. The molecule has 1 N–H and O–H groups in total. The van der Waals surface area contributed by atoms with Crippen molar-refractivity contribution in [3.8, 4) is 11.5 Å². The first-order chi connectivity index (χ1) is 15.9. The van der Waals surface area contributed by atoms with Crippen LogP contribution in [-0.4, -0.2) is 45.5 Å². The van der Waals surface area contributed by atoms with Gasteiger partial charge in [-0.2, -0.15) is 0 Å². The maximum Gasteiger partial charge on any atom is 0.328 e. The molecule has 1 aromatic carbocycles. The molecule has 0 bridgehead atoms. The Morgan fingerprint density at radius 2 is 1.97 bits per heavy atom. The number of nitrogens with zero attached hydrogens (tertiary/aromatic N) is 4. The summed E-state index contributed by atoms with van der Waals surface area (Å²) in [5, 5.41) is 3.33.